The van der Waals surface area contributed by atoms with Crippen molar-refractivity contribution in [3.8, 4) is 0 Å². The molecule has 0 saturated carbocycles. The number of nitrogen functional groups attached to an aromatic ring is 2. The molecular formula is C10H15N7O3. The normalized spacial score (nSPS) is 30.1. The van der Waals surface area contributed by atoms with Gasteiger partial charge < -0.3 is 32.2 Å². The summed E-state index contributed by atoms with van der Waals surface area (Å²) in [5.74, 6) is 0.152. The number of nitrogens with two attached hydrogens (primary N) is 3. The van der Waals surface area contributed by atoms with Crippen molar-refractivity contribution in [3.63, 3.8) is 0 Å². The van der Waals surface area contributed by atoms with Gasteiger partial charge in [0.1, 0.15) is 17.7 Å². The number of aliphatic hydroxyl groups excluding tert-OH is 2. The van der Waals surface area contributed by atoms with Gasteiger partial charge in [0, 0.05) is 0 Å². The van der Waals surface area contributed by atoms with Gasteiger partial charge in [-0.25, -0.2) is 4.98 Å². The highest BCUT2D eigenvalue weighted by molar-refractivity contribution is 5.82. The highest BCUT2D eigenvalue weighted by Crippen LogP contribution is 2.30. The maximum atomic E-state index is 9.88. The Morgan fingerprint density at radius 2 is 2.10 bits per heavy atom. The molecule has 20 heavy (non-hydrogen) atoms. The number of hydrogen-bond donors (Lipinski definition) is 5. The van der Waals surface area contributed by atoms with E-state index in [4.69, 9.17) is 27.0 Å². The zero-order chi connectivity index (χ0) is 14.4. The average Bonchev–Trinajstić information content (AvgIpc) is 2.93. The molecule has 3 heterocycles. The molecule has 0 bridgehead atoms. The highest BCUT2D eigenvalue weighted by atomic mass is 16.5. The Kier molecular flexibility index (Phi) is 2.94. The van der Waals surface area contributed by atoms with Gasteiger partial charge in [-0.2, -0.15) is 9.97 Å². The van der Waals surface area contributed by atoms with Gasteiger partial charge in [0.15, 0.2) is 17.7 Å². The minimum atomic E-state index is -0.987. The molecule has 10 heteroatoms. The number of aliphatic hydroxyl groups is 2. The van der Waals surface area contributed by atoms with E-state index in [2.05, 4.69) is 15.0 Å². The summed E-state index contributed by atoms with van der Waals surface area (Å²) in [5, 5.41) is 19.0. The van der Waals surface area contributed by atoms with E-state index in [1.165, 1.54) is 10.9 Å². The third kappa shape index (κ3) is 1.78. The van der Waals surface area contributed by atoms with Crippen LogP contribution in [0.2, 0.25) is 0 Å². The predicted molar refractivity (Wildman–Crippen MR) is 69.1 cm³/mol. The summed E-state index contributed by atoms with van der Waals surface area (Å²) < 4.78 is 7.04. The number of rotatable bonds is 2. The van der Waals surface area contributed by atoms with Gasteiger partial charge in [0.05, 0.1) is 19.0 Å². The fourth-order valence-corrected chi connectivity index (χ4v) is 2.31. The van der Waals surface area contributed by atoms with Gasteiger partial charge in [-0.3, -0.25) is 4.57 Å². The molecule has 2 unspecified atom stereocenters. The van der Waals surface area contributed by atoms with E-state index in [9.17, 15) is 5.11 Å². The smallest absolute Gasteiger partial charge is 0.224 e. The summed E-state index contributed by atoms with van der Waals surface area (Å²) in [4.78, 5) is 12.0. The van der Waals surface area contributed by atoms with Crippen molar-refractivity contribution in [1.29, 1.82) is 0 Å². The maximum Gasteiger partial charge on any atom is 0.224 e. The fourth-order valence-electron chi connectivity index (χ4n) is 2.31. The molecule has 2 aromatic rings. The summed E-state index contributed by atoms with van der Waals surface area (Å²) >= 11 is 0. The van der Waals surface area contributed by atoms with Crippen LogP contribution in [0, 0.1) is 0 Å². The molecule has 1 aliphatic heterocycles. The van der Waals surface area contributed by atoms with Crippen LogP contribution in [0.4, 0.5) is 11.8 Å². The Hall–Kier alpha value is -2.01. The number of hydrogen-bond acceptors (Lipinski definition) is 9. The molecule has 0 aromatic carbocycles. The summed E-state index contributed by atoms with van der Waals surface area (Å²) in [5.41, 5.74) is 17.9. The van der Waals surface area contributed by atoms with E-state index < -0.39 is 24.5 Å². The summed E-state index contributed by atoms with van der Waals surface area (Å²) in [7, 11) is 0. The SMILES string of the molecule is Nc1nc(N)c2ncn([C@@H]3O[C@H](CO)C(O)C3N)c2n1. The monoisotopic (exact) mass is 281 g/mol. The van der Waals surface area contributed by atoms with Crippen LogP contribution in [0.3, 0.4) is 0 Å². The second-order valence-electron chi connectivity index (χ2n) is 4.61. The molecular weight excluding hydrogens is 266 g/mol. The van der Waals surface area contributed by atoms with Gasteiger partial charge in [0.2, 0.25) is 5.95 Å². The maximum absolute atomic E-state index is 9.88. The molecule has 0 aliphatic carbocycles. The first-order valence-electron chi connectivity index (χ1n) is 5.98. The Balaban J connectivity index is 2.07. The minimum Gasteiger partial charge on any atom is -0.394 e. The lowest BCUT2D eigenvalue weighted by molar-refractivity contribution is -0.0437. The number of fused-ring (bicyclic) bond motifs is 1. The van der Waals surface area contributed by atoms with Crippen molar-refractivity contribution in [2.45, 2.75) is 24.5 Å². The van der Waals surface area contributed by atoms with Gasteiger partial charge in [-0.15, -0.1) is 0 Å². The quantitative estimate of drug-likeness (QED) is 0.401. The topological polar surface area (TPSA) is 171 Å². The summed E-state index contributed by atoms with van der Waals surface area (Å²) in [6.07, 6.45) is -1.03. The van der Waals surface area contributed by atoms with E-state index in [1.54, 1.807) is 0 Å². The molecule has 0 radical (unpaired) electrons. The fraction of sp³-hybridized carbons (Fsp3) is 0.500. The number of nitrogens with zero attached hydrogens (tertiary/aromatic N) is 4. The van der Waals surface area contributed by atoms with E-state index in [-0.39, 0.29) is 18.4 Å². The largest absolute Gasteiger partial charge is 0.394 e. The van der Waals surface area contributed by atoms with Crippen LogP contribution in [-0.4, -0.2) is 54.6 Å². The molecule has 3 rings (SSSR count). The van der Waals surface area contributed by atoms with Crippen molar-refractivity contribution < 1.29 is 14.9 Å². The second kappa shape index (κ2) is 4.52. The van der Waals surface area contributed by atoms with Crippen LogP contribution < -0.4 is 17.2 Å². The third-order valence-electron chi connectivity index (χ3n) is 3.34. The summed E-state index contributed by atoms with van der Waals surface area (Å²) in [6.45, 7) is -0.336. The molecule has 108 valence electrons. The lowest BCUT2D eigenvalue weighted by Gasteiger charge is -2.17. The van der Waals surface area contributed by atoms with Crippen LogP contribution in [0.5, 0.6) is 0 Å². The molecule has 1 fully saturated rings. The third-order valence-corrected chi connectivity index (χ3v) is 3.34. The standard InChI is InChI=1S/C10H15N7O3/c11-4-6(19)3(1-18)20-9(4)17-2-14-5-7(12)15-10(13)16-8(5)17/h2-4,6,9,18-19H,1,11H2,(H4,12,13,15,16)/t3-,4?,6?,9-/m1/s1. The van der Waals surface area contributed by atoms with Crippen LogP contribution in [0.25, 0.3) is 11.2 Å². The van der Waals surface area contributed by atoms with E-state index >= 15 is 0 Å². The van der Waals surface area contributed by atoms with Crippen molar-refractivity contribution in [3.05, 3.63) is 6.33 Å². The first-order valence-corrected chi connectivity index (χ1v) is 5.98. The number of anilines is 2. The van der Waals surface area contributed by atoms with Crippen LogP contribution in [-0.2, 0) is 4.74 Å². The Morgan fingerprint density at radius 1 is 1.35 bits per heavy atom. The number of aromatic nitrogens is 4. The molecule has 1 aliphatic rings. The van der Waals surface area contributed by atoms with Crippen LogP contribution >= 0.6 is 0 Å². The van der Waals surface area contributed by atoms with Crippen molar-refractivity contribution in [2.24, 2.45) is 5.73 Å². The highest BCUT2D eigenvalue weighted by Gasteiger charge is 2.42. The van der Waals surface area contributed by atoms with E-state index in [0.29, 0.717) is 11.2 Å². The molecule has 10 nitrogen and oxygen atoms in total. The Morgan fingerprint density at radius 3 is 2.75 bits per heavy atom. The molecule has 8 N–H and O–H groups in total. The molecule has 4 atom stereocenters. The number of imidazole rings is 1. The first-order chi connectivity index (χ1) is 9.52. The van der Waals surface area contributed by atoms with Crippen LogP contribution in [0.1, 0.15) is 6.23 Å². The molecule has 0 amide bonds. The summed E-state index contributed by atoms with van der Waals surface area (Å²) in [6, 6.07) is -0.734. The first kappa shape index (κ1) is 13.0. The lowest BCUT2D eigenvalue weighted by Crippen LogP contribution is -2.39. The van der Waals surface area contributed by atoms with Crippen molar-refractivity contribution in [2.75, 3.05) is 18.1 Å². The molecule has 0 spiro atoms. The molecule has 2 aromatic heterocycles. The lowest BCUT2D eigenvalue weighted by atomic mass is 10.1. The van der Waals surface area contributed by atoms with E-state index in [0.717, 1.165) is 0 Å². The van der Waals surface area contributed by atoms with Crippen molar-refractivity contribution >= 4 is 22.9 Å². The van der Waals surface area contributed by atoms with Gasteiger partial charge in [-0.1, -0.05) is 0 Å². The van der Waals surface area contributed by atoms with Crippen LogP contribution in [0.15, 0.2) is 6.33 Å². The van der Waals surface area contributed by atoms with Gasteiger partial charge in [0.25, 0.3) is 0 Å². The van der Waals surface area contributed by atoms with Gasteiger partial charge >= 0.3 is 0 Å². The van der Waals surface area contributed by atoms with Crippen molar-refractivity contribution in [1.82, 2.24) is 19.5 Å². The van der Waals surface area contributed by atoms with Gasteiger partial charge in [-0.05, 0) is 0 Å². The minimum absolute atomic E-state index is 0.00238. The number of ether oxygens (including phenoxy) is 1. The Labute approximate surface area is 113 Å². The zero-order valence-corrected chi connectivity index (χ0v) is 10.4. The predicted octanol–water partition coefficient (Wildman–Crippen LogP) is -2.43. The zero-order valence-electron chi connectivity index (χ0n) is 10.4. The Bertz CT molecular complexity index is 645. The van der Waals surface area contributed by atoms with E-state index in [1.807, 2.05) is 0 Å². The second-order valence-corrected chi connectivity index (χ2v) is 4.61. The molecule has 1 saturated heterocycles. The average molecular weight is 281 g/mol.